The number of rotatable bonds is 5. The summed E-state index contributed by atoms with van der Waals surface area (Å²) < 4.78 is 5.14. The van der Waals surface area contributed by atoms with Crippen LogP contribution in [0.2, 0.25) is 0 Å². The van der Waals surface area contributed by atoms with Gasteiger partial charge in [0.1, 0.15) is 6.04 Å². The van der Waals surface area contributed by atoms with E-state index in [2.05, 4.69) is 0 Å². The van der Waals surface area contributed by atoms with E-state index in [4.69, 9.17) is 15.6 Å². The molecule has 0 radical (unpaired) electrons. The molecule has 14 heavy (non-hydrogen) atoms. The van der Waals surface area contributed by atoms with Crippen LogP contribution in [0.1, 0.15) is 5.56 Å². The lowest BCUT2D eigenvalue weighted by Gasteiger charge is -2.07. The highest BCUT2D eigenvalue weighted by Gasteiger charge is 2.10. The number of nitrogens with two attached hydrogens (primary N) is 1. The molecule has 1 atom stereocenters. The number of hydrogen-bond donors (Lipinski definition) is 2. The predicted octanol–water partition coefficient (Wildman–Crippen LogP) is 0.615. The molecule has 0 bridgehead atoms. The molecule has 0 aromatic heterocycles. The highest BCUT2D eigenvalue weighted by molar-refractivity contribution is 5.73. The van der Waals surface area contributed by atoms with Crippen molar-refractivity contribution in [1.82, 2.24) is 0 Å². The van der Waals surface area contributed by atoms with Gasteiger partial charge in [-0.3, -0.25) is 4.79 Å². The van der Waals surface area contributed by atoms with Crippen LogP contribution < -0.4 is 5.73 Å². The number of benzene rings is 1. The van der Waals surface area contributed by atoms with Crippen molar-refractivity contribution < 1.29 is 14.6 Å². The minimum atomic E-state index is -1.04. The third-order valence-corrected chi connectivity index (χ3v) is 1.73. The number of carbonyl (C=O) groups is 1. The van der Waals surface area contributed by atoms with Gasteiger partial charge in [-0.05, 0) is 5.56 Å². The van der Waals surface area contributed by atoms with Crippen LogP contribution in [0, 0.1) is 0 Å². The van der Waals surface area contributed by atoms with E-state index < -0.39 is 12.0 Å². The van der Waals surface area contributed by atoms with Gasteiger partial charge in [0.15, 0.2) is 0 Å². The highest BCUT2D eigenvalue weighted by Crippen LogP contribution is 2.00. The van der Waals surface area contributed by atoms with Gasteiger partial charge in [0.2, 0.25) is 0 Å². The topological polar surface area (TPSA) is 72.5 Å². The van der Waals surface area contributed by atoms with Crippen LogP contribution in [0.15, 0.2) is 30.3 Å². The molecule has 4 heteroatoms. The Kier molecular flexibility index (Phi) is 4.10. The molecule has 0 saturated heterocycles. The van der Waals surface area contributed by atoms with Crippen molar-refractivity contribution in [2.24, 2.45) is 5.73 Å². The first-order chi connectivity index (χ1) is 6.70. The standard InChI is InChI=1S/C10H13NO3/c11-9(10(12)13)7-14-6-8-4-2-1-3-5-8/h1-5,9H,6-7,11H2,(H,12,13). The quantitative estimate of drug-likeness (QED) is 0.722. The highest BCUT2D eigenvalue weighted by atomic mass is 16.5. The Morgan fingerprint density at radius 1 is 1.43 bits per heavy atom. The lowest BCUT2D eigenvalue weighted by molar-refractivity contribution is -0.140. The first-order valence-corrected chi connectivity index (χ1v) is 4.30. The lowest BCUT2D eigenvalue weighted by Crippen LogP contribution is -2.34. The summed E-state index contributed by atoms with van der Waals surface area (Å²) in [5, 5.41) is 8.47. The summed E-state index contributed by atoms with van der Waals surface area (Å²) in [6, 6.07) is 8.58. The van der Waals surface area contributed by atoms with Crippen molar-refractivity contribution in [3.8, 4) is 0 Å². The molecule has 76 valence electrons. The summed E-state index contributed by atoms with van der Waals surface area (Å²) in [6.07, 6.45) is 0. The second-order valence-corrected chi connectivity index (χ2v) is 2.95. The van der Waals surface area contributed by atoms with Crippen LogP contribution in [-0.4, -0.2) is 23.7 Å². The maximum absolute atomic E-state index is 10.3. The van der Waals surface area contributed by atoms with E-state index in [0.29, 0.717) is 6.61 Å². The normalized spacial score (nSPS) is 12.4. The van der Waals surface area contributed by atoms with Crippen LogP contribution in [0.4, 0.5) is 0 Å². The van der Waals surface area contributed by atoms with Gasteiger partial charge in [-0.2, -0.15) is 0 Å². The monoisotopic (exact) mass is 195 g/mol. The first kappa shape index (κ1) is 10.7. The molecule has 0 saturated carbocycles. The summed E-state index contributed by atoms with van der Waals surface area (Å²) >= 11 is 0. The Balaban J connectivity index is 2.26. The van der Waals surface area contributed by atoms with E-state index in [1.54, 1.807) is 0 Å². The lowest BCUT2D eigenvalue weighted by atomic mass is 10.2. The fourth-order valence-corrected chi connectivity index (χ4v) is 0.949. The zero-order valence-electron chi connectivity index (χ0n) is 7.72. The number of hydrogen-bond acceptors (Lipinski definition) is 3. The van der Waals surface area contributed by atoms with Gasteiger partial charge >= 0.3 is 5.97 Å². The zero-order chi connectivity index (χ0) is 10.4. The second-order valence-electron chi connectivity index (χ2n) is 2.95. The molecule has 0 aliphatic rings. The van der Waals surface area contributed by atoms with Gasteiger partial charge in [-0.25, -0.2) is 0 Å². The fourth-order valence-electron chi connectivity index (χ4n) is 0.949. The Hall–Kier alpha value is -1.39. The van der Waals surface area contributed by atoms with Gasteiger partial charge in [0, 0.05) is 0 Å². The van der Waals surface area contributed by atoms with Crippen molar-refractivity contribution in [2.45, 2.75) is 12.6 Å². The van der Waals surface area contributed by atoms with E-state index >= 15 is 0 Å². The van der Waals surface area contributed by atoms with Gasteiger partial charge in [-0.1, -0.05) is 30.3 Å². The number of carboxylic acids is 1. The van der Waals surface area contributed by atoms with Crippen molar-refractivity contribution in [2.75, 3.05) is 6.61 Å². The van der Waals surface area contributed by atoms with Crippen LogP contribution in [0.25, 0.3) is 0 Å². The number of ether oxygens (including phenoxy) is 1. The zero-order valence-corrected chi connectivity index (χ0v) is 7.72. The molecule has 0 fully saturated rings. The maximum atomic E-state index is 10.3. The molecule has 1 rings (SSSR count). The largest absolute Gasteiger partial charge is 0.480 e. The average molecular weight is 195 g/mol. The summed E-state index contributed by atoms with van der Waals surface area (Å²) in [6.45, 7) is 0.423. The molecule has 0 spiro atoms. The molecule has 1 aromatic carbocycles. The van der Waals surface area contributed by atoms with Gasteiger partial charge in [0.05, 0.1) is 13.2 Å². The van der Waals surface area contributed by atoms with Gasteiger partial charge in [0.25, 0.3) is 0 Å². The molecule has 1 unspecified atom stereocenters. The van der Waals surface area contributed by atoms with E-state index in [1.165, 1.54) is 0 Å². The predicted molar refractivity (Wildman–Crippen MR) is 51.7 cm³/mol. The molecule has 4 nitrogen and oxygen atoms in total. The molecule has 0 aliphatic heterocycles. The molecule has 0 heterocycles. The third-order valence-electron chi connectivity index (χ3n) is 1.73. The Morgan fingerprint density at radius 3 is 2.64 bits per heavy atom. The van der Waals surface area contributed by atoms with Crippen LogP contribution >= 0.6 is 0 Å². The van der Waals surface area contributed by atoms with Crippen molar-refractivity contribution in [3.05, 3.63) is 35.9 Å². The first-order valence-electron chi connectivity index (χ1n) is 4.30. The summed E-state index contributed by atoms with van der Waals surface area (Å²) in [7, 11) is 0. The minimum absolute atomic E-state index is 0.0320. The average Bonchev–Trinajstić information content (AvgIpc) is 2.19. The second kappa shape index (κ2) is 5.36. The summed E-state index contributed by atoms with van der Waals surface area (Å²) in [5.74, 6) is -1.04. The Morgan fingerprint density at radius 2 is 2.07 bits per heavy atom. The summed E-state index contributed by atoms with van der Waals surface area (Å²) in [5.41, 5.74) is 6.26. The number of carboxylic acid groups (broad SMARTS) is 1. The van der Waals surface area contributed by atoms with Crippen LogP contribution in [-0.2, 0) is 16.1 Å². The van der Waals surface area contributed by atoms with Crippen LogP contribution in [0.5, 0.6) is 0 Å². The third kappa shape index (κ3) is 3.55. The summed E-state index contributed by atoms with van der Waals surface area (Å²) in [4.78, 5) is 10.3. The van der Waals surface area contributed by atoms with E-state index in [9.17, 15) is 4.79 Å². The smallest absolute Gasteiger partial charge is 0.322 e. The van der Waals surface area contributed by atoms with E-state index in [-0.39, 0.29) is 6.61 Å². The van der Waals surface area contributed by atoms with Crippen molar-refractivity contribution in [1.29, 1.82) is 0 Å². The Bertz CT molecular complexity index is 287. The van der Waals surface area contributed by atoms with Crippen LogP contribution in [0.3, 0.4) is 0 Å². The Labute approximate surface area is 82.3 Å². The van der Waals surface area contributed by atoms with E-state index in [1.807, 2.05) is 30.3 Å². The van der Waals surface area contributed by atoms with Crippen molar-refractivity contribution >= 4 is 5.97 Å². The number of aliphatic carboxylic acids is 1. The molecule has 3 N–H and O–H groups in total. The fraction of sp³-hybridized carbons (Fsp3) is 0.300. The molecular formula is C10H13NO3. The molecule has 0 aliphatic carbocycles. The van der Waals surface area contributed by atoms with Gasteiger partial charge < -0.3 is 15.6 Å². The van der Waals surface area contributed by atoms with Crippen molar-refractivity contribution in [3.63, 3.8) is 0 Å². The van der Waals surface area contributed by atoms with Gasteiger partial charge in [-0.15, -0.1) is 0 Å². The maximum Gasteiger partial charge on any atom is 0.322 e. The molecule has 0 amide bonds. The SMILES string of the molecule is NC(COCc1ccccc1)C(=O)O. The molecule has 1 aromatic rings. The molecular weight excluding hydrogens is 182 g/mol. The van der Waals surface area contributed by atoms with E-state index in [0.717, 1.165) is 5.56 Å². The minimum Gasteiger partial charge on any atom is -0.480 e.